The number of benzene rings is 3. The highest BCUT2D eigenvalue weighted by Crippen LogP contribution is 2.38. The molecule has 1 heterocycles. The number of para-hydroxylation sites is 1. The van der Waals surface area contributed by atoms with Gasteiger partial charge in [-0.1, -0.05) is 30.3 Å². The van der Waals surface area contributed by atoms with Crippen molar-refractivity contribution in [3.8, 4) is 11.5 Å². The Bertz CT molecular complexity index is 1310. The summed E-state index contributed by atoms with van der Waals surface area (Å²) in [5.74, 6) is -0.538. The fourth-order valence-electron chi connectivity index (χ4n) is 3.49. The number of hydrogen-bond donors (Lipinski definition) is 2. The lowest BCUT2D eigenvalue weighted by Gasteiger charge is -2.15. The summed E-state index contributed by atoms with van der Waals surface area (Å²) in [7, 11) is 0. The zero-order valence-electron chi connectivity index (χ0n) is 18.7. The topological polar surface area (TPSA) is 105 Å². The molecule has 4 rings (SSSR count). The molecule has 3 aromatic rings. The highest BCUT2D eigenvalue weighted by molar-refractivity contribution is 9.10. The van der Waals surface area contributed by atoms with Gasteiger partial charge in [-0.15, -0.1) is 0 Å². The van der Waals surface area contributed by atoms with E-state index in [4.69, 9.17) is 14.6 Å². The van der Waals surface area contributed by atoms with E-state index >= 15 is 0 Å². The van der Waals surface area contributed by atoms with Crippen LogP contribution in [-0.2, 0) is 11.4 Å². The van der Waals surface area contributed by atoms with E-state index in [0.717, 1.165) is 10.5 Å². The molecule has 3 aromatic carbocycles. The molecule has 0 aliphatic carbocycles. The van der Waals surface area contributed by atoms with Crippen LogP contribution < -0.4 is 19.7 Å². The second-order valence-corrected chi connectivity index (χ2v) is 8.37. The van der Waals surface area contributed by atoms with Crippen LogP contribution >= 0.6 is 15.9 Å². The summed E-state index contributed by atoms with van der Waals surface area (Å²) in [5.41, 5.74) is 2.23. The van der Waals surface area contributed by atoms with Crippen LogP contribution in [0.15, 0.2) is 76.9 Å². The number of aromatic carboxylic acids is 1. The lowest BCUT2D eigenvalue weighted by atomic mass is 10.1. The summed E-state index contributed by atoms with van der Waals surface area (Å²) < 4.78 is 12.3. The Morgan fingerprint density at radius 1 is 1.06 bits per heavy atom. The summed E-state index contributed by atoms with van der Waals surface area (Å²) in [6, 6.07) is 18.0. The molecule has 0 unspecified atom stereocenters. The average Bonchev–Trinajstić information content (AvgIpc) is 3.12. The number of rotatable bonds is 8. The first-order valence-corrected chi connectivity index (χ1v) is 11.5. The Balaban J connectivity index is 1.57. The molecule has 178 valence electrons. The van der Waals surface area contributed by atoms with Crippen molar-refractivity contribution in [1.29, 1.82) is 0 Å². The first kappa shape index (κ1) is 24.0. The van der Waals surface area contributed by atoms with Gasteiger partial charge < -0.3 is 19.9 Å². The normalized spacial score (nSPS) is 14.2. The highest BCUT2D eigenvalue weighted by atomic mass is 79.9. The molecular weight excluding hydrogens is 516 g/mol. The van der Waals surface area contributed by atoms with Gasteiger partial charge >= 0.3 is 12.0 Å². The van der Waals surface area contributed by atoms with Gasteiger partial charge in [0.25, 0.3) is 5.91 Å². The average molecular weight is 537 g/mol. The Hall–Kier alpha value is -4.11. The number of anilines is 1. The maximum absolute atomic E-state index is 12.9. The molecule has 1 saturated heterocycles. The highest BCUT2D eigenvalue weighted by Gasteiger charge is 2.34. The van der Waals surface area contributed by atoms with Crippen molar-refractivity contribution < 1.29 is 29.0 Å². The molecule has 0 radical (unpaired) electrons. The number of carbonyl (C=O) groups excluding carboxylic acids is 2. The number of carbonyl (C=O) groups is 3. The van der Waals surface area contributed by atoms with E-state index in [9.17, 15) is 14.4 Å². The van der Waals surface area contributed by atoms with Gasteiger partial charge in [0.2, 0.25) is 0 Å². The summed E-state index contributed by atoms with van der Waals surface area (Å²) in [5, 5.41) is 11.7. The molecular formula is C26H21BrN2O6. The number of carboxylic acids is 1. The molecule has 2 N–H and O–H groups in total. The van der Waals surface area contributed by atoms with Crippen LogP contribution in [0.3, 0.4) is 0 Å². The minimum Gasteiger partial charge on any atom is -0.490 e. The molecule has 0 aromatic heterocycles. The maximum atomic E-state index is 12.9. The number of amides is 3. The lowest BCUT2D eigenvalue weighted by Crippen LogP contribution is -2.30. The van der Waals surface area contributed by atoms with Crippen molar-refractivity contribution in [2.24, 2.45) is 0 Å². The van der Waals surface area contributed by atoms with Crippen molar-refractivity contribution >= 4 is 45.6 Å². The molecule has 8 nitrogen and oxygen atoms in total. The number of nitrogens with zero attached hydrogens (tertiary/aromatic N) is 1. The third kappa shape index (κ3) is 5.36. The first-order chi connectivity index (χ1) is 16.9. The SMILES string of the molecule is CCOc1cc(/C=C2/NC(=O)N(c3ccccc3)C2=O)cc(Br)c1OCc1ccc(C(=O)O)cc1. The summed E-state index contributed by atoms with van der Waals surface area (Å²) in [4.78, 5) is 37.4. The van der Waals surface area contributed by atoms with E-state index in [1.54, 1.807) is 60.7 Å². The summed E-state index contributed by atoms with van der Waals surface area (Å²) >= 11 is 3.50. The number of hydrogen-bond acceptors (Lipinski definition) is 5. The number of carboxylic acid groups (broad SMARTS) is 1. The molecule has 0 spiro atoms. The Labute approximate surface area is 209 Å². The first-order valence-electron chi connectivity index (χ1n) is 10.7. The van der Waals surface area contributed by atoms with Gasteiger partial charge in [0.15, 0.2) is 11.5 Å². The molecule has 9 heteroatoms. The fraction of sp³-hybridized carbons (Fsp3) is 0.115. The van der Waals surface area contributed by atoms with Gasteiger partial charge in [-0.25, -0.2) is 14.5 Å². The minimum absolute atomic E-state index is 0.139. The van der Waals surface area contributed by atoms with Gasteiger partial charge in [-0.05, 0) is 76.5 Å². The molecule has 35 heavy (non-hydrogen) atoms. The van der Waals surface area contributed by atoms with Crippen LogP contribution in [0, 0.1) is 0 Å². The van der Waals surface area contributed by atoms with Gasteiger partial charge in [0.1, 0.15) is 12.3 Å². The van der Waals surface area contributed by atoms with Crippen LogP contribution in [0.25, 0.3) is 6.08 Å². The van der Waals surface area contributed by atoms with Crippen LogP contribution in [-0.4, -0.2) is 29.6 Å². The van der Waals surface area contributed by atoms with Crippen LogP contribution in [0.4, 0.5) is 10.5 Å². The van der Waals surface area contributed by atoms with E-state index in [0.29, 0.717) is 33.8 Å². The van der Waals surface area contributed by atoms with Gasteiger partial charge in [0, 0.05) is 0 Å². The predicted octanol–water partition coefficient (Wildman–Crippen LogP) is 5.22. The van der Waals surface area contributed by atoms with Crippen molar-refractivity contribution in [1.82, 2.24) is 5.32 Å². The van der Waals surface area contributed by atoms with Crippen molar-refractivity contribution in [2.45, 2.75) is 13.5 Å². The van der Waals surface area contributed by atoms with Crippen LogP contribution in [0.5, 0.6) is 11.5 Å². The molecule has 3 amide bonds. The Morgan fingerprint density at radius 3 is 2.43 bits per heavy atom. The van der Waals surface area contributed by atoms with E-state index in [1.165, 1.54) is 12.1 Å². The molecule has 0 atom stereocenters. The third-order valence-corrected chi connectivity index (χ3v) is 5.71. The number of halogens is 1. The maximum Gasteiger partial charge on any atom is 0.335 e. The smallest absolute Gasteiger partial charge is 0.335 e. The second-order valence-electron chi connectivity index (χ2n) is 7.52. The van der Waals surface area contributed by atoms with E-state index in [2.05, 4.69) is 21.2 Å². The number of nitrogens with one attached hydrogen (secondary N) is 1. The third-order valence-electron chi connectivity index (χ3n) is 5.12. The van der Waals surface area contributed by atoms with E-state index in [1.807, 2.05) is 6.92 Å². The Kier molecular flexibility index (Phi) is 7.17. The summed E-state index contributed by atoms with van der Waals surface area (Å²) in [6.45, 7) is 2.42. The van der Waals surface area contributed by atoms with Crippen molar-refractivity contribution in [3.05, 3.63) is 93.6 Å². The zero-order chi connectivity index (χ0) is 24.9. The molecule has 0 bridgehead atoms. The largest absolute Gasteiger partial charge is 0.490 e. The molecule has 1 fully saturated rings. The van der Waals surface area contributed by atoms with Crippen molar-refractivity contribution in [3.63, 3.8) is 0 Å². The molecule has 0 saturated carbocycles. The van der Waals surface area contributed by atoms with E-state index < -0.39 is 17.9 Å². The predicted molar refractivity (Wildman–Crippen MR) is 133 cm³/mol. The standard InChI is InChI=1S/C26H21BrN2O6/c1-2-34-22-14-17(13-21-24(30)29(26(33)28-21)19-6-4-3-5-7-19)12-20(27)23(22)35-15-16-8-10-18(11-9-16)25(31)32/h3-14H,2,15H2,1H3,(H,28,33)(H,31,32)/b21-13+. The van der Waals surface area contributed by atoms with E-state index in [-0.39, 0.29) is 17.9 Å². The minimum atomic E-state index is -0.993. The number of ether oxygens (including phenoxy) is 2. The van der Waals surface area contributed by atoms with Crippen molar-refractivity contribution in [2.75, 3.05) is 11.5 Å². The van der Waals surface area contributed by atoms with Gasteiger partial charge in [0.05, 0.1) is 22.3 Å². The Morgan fingerprint density at radius 2 is 1.77 bits per heavy atom. The second kappa shape index (κ2) is 10.4. The molecule has 1 aliphatic heterocycles. The van der Waals surface area contributed by atoms with Gasteiger partial charge in [-0.2, -0.15) is 0 Å². The van der Waals surface area contributed by atoms with Gasteiger partial charge in [-0.3, -0.25) is 4.79 Å². The fourth-order valence-corrected chi connectivity index (χ4v) is 4.06. The monoisotopic (exact) mass is 536 g/mol. The lowest BCUT2D eigenvalue weighted by molar-refractivity contribution is -0.113. The van der Waals surface area contributed by atoms with Crippen LogP contribution in [0.1, 0.15) is 28.4 Å². The summed E-state index contributed by atoms with van der Waals surface area (Å²) in [6.07, 6.45) is 1.57. The molecule has 1 aliphatic rings. The number of urea groups is 1. The quantitative estimate of drug-likeness (QED) is 0.302. The number of imide groups is 1. The van der Waals surface area contributed by atoms with Crippen LogP contribution in [0.2, 0.25) is 0 Å². The zero-order valence-corrected chi connectivity index (χ0v) is 20.2.